The minimum atomic E-state index is -5.08. The number of likely N-dealkylation sites (tertiary alicyclic amines) is 1. The summed E-state index contributed by atoms with van der Waals surface area (Å²) in [6, 6.07) is 8.78. The SMILES string of the molecule is COCCN(C)c1nc(C2CCN(Cc3ccccn3)CC2)cc2c1ncn2C(C)C.O=C(O)C(F)(F)F.O=C(O)C(F)(F)F. The van der Waals surface area contributed by atoms with Crippen LogP contribution >= 0.6 is 0 Å². The van der Waals surface area contributed by atoms with Gasteiger partial charge in [-0.15, -0.1) is 0 Å². The molecule has 2 N–H and O–H groups in total. The van der Waals surface area contributed by atoms with Crippen molar-refractivity contribution in [3.8, 4) is 0 Å². The number of anilines is 1. The van der Waals surface area contributed by atoms with Crippen LogP contribution in [0.1, 0.15) is 50.0 Å². The lowest BCUT2D eigenvalue weighted by Gasteiger charge is -2.32. The van der Waals surface area contributed by atoms with E-state index in [1.165, 1.54) is 11.2 Å². The van der Waals surface area contributed by atoms with Gasteiger partial charge < -0.3 is 24.4 Å². The molecule has 11 nitrogen and oxygen atoms in total. The molecule has 1 aliphatic heterocycles. The Hall–Kier alpha value is -3.99. The molecule has 17 heteroatoms. The summed E-state index contributed by atoms with van der Waals surface area (Å²) in [4.78, 5) is 36.8. The van der Waals surface area contributed by atoms with Gasteiger partial charge >= 0.3 is 24.3 Å². The van der Waals surface area contributed by atoms with Gasteiger partial charge in [0, 0.05) is 51.1 Å². The Morgan fingerprint density at radius 3 is 2.09 bits per heavy atom. The molecule has 0 aliphatic carbocycles. The molecule has 3 aromatic rings. The van der Waals surface area contributed by atoms with Crippen molar-refractivity contribution in [1.29, 1.82) is 0 Å². The Morgan fingerprint density at radius 2 is 1.62 bits per heavy atom. The number of carboxylic acid groups (broad SMARTS) is 2. The second kappa shape index (κ2) is 16.4. The number of aliphatic carboxylic acids is 2. The fourth-order valence-corrected chi connectivity index (χ4v) is 4.36. The molecule has 0 unspecified atom stereocenters. The van der Waals surface area contributed by atoms with E-state index in [-0.39, 0.29) is 0 Å². The quantitative estimate of drug-likeness (QED) is 0.316. The van der Waals surface area contributed by atoms with Crippen molar-refractivity contribution >= 4 is 28.8 Å². The Kier molecular flexibility index (Phi) is 13.5. The Balaban J connectivity index is 0.000000421. The van der Waals surface area contributed by atoms with E-state index in [2.05, 4.69) is 58.4 Å². The minimum absolute atomic E-state index is 0.359. The Morgan fingerprint density at radius 1 is 1.04 bits per heavy atom. The summed E-state index contributed by atoms with van der Waals surface area (Å²) in [6.07, 6.45) is -4.12. The molecule has 3 aromatic heterocycles. The number of nitrogens with zero attached hydrogens (tertiary/aromatic N) is 6. The third kappa shape index (κ3) is 11.5. The summed E-state index contributed by atoms with van der Waals surface area (Å²) < 4.78 is 71.0. The summed E-state index contributed by atoms with van der Waals surface area (Å²) in [5, 5.41) is 14.2. The van der Waals surface area contributed by atoms with Crippen LogP contribution in [0.4, 0.5) is 32.2 Å². The van der Waals surface area contributed by atoms with Gasteiger partial charge in [-0.05, 0) is 58.0 Å². The lowest BCUT2D eigenvalue weighted by molar-refractivity contribution is -0.193. The van der Waals surface area contributed by atoms with Crippen LogP contribution in [0.15, 0.2) is 36.8 Å². The number of carbonyl (C=O) groups is 2. The lowest BCUT2D eigenvalue weighted by Crippen LogP contribution is -2.33. The second-order valence-corrected chi connectivity index (χ2v) is 10.4. The van der Waals surface area contributed by atoms with Crippen LogP contribution in [-0.2, 0) is 20.9 Å². The van der Waals surface area contributed by atoms with Gasteiger partial charge in [0.15, 0.2) is 5.82 Å². The van der Waals surface area contributed by atoms with Gasteiger partial charge in [-0.1, -0.05) is 6.07 Å². The van der Waals surface area contributed by atoms with E-state index in [4.69, 9.17) is 34.5 Å². The first-order valence-electron chi connectivity index (χ1n) is 13.8. The molecule has 0 saturated carbocycles. The van der Waals surface area contributed by atoms with Crippen LogP contribution in [0.5, 0.6) is 0 Å². The summed E-state index contributed by atoms with van der Waals surface area (Å²) in [5.41, 5.74) is 4.48. The first kappa shape index (κ1) is 37.2. The zero-order chi connectivity index (χ0) is 33.9. The first-order chi connectivity index (χ1) is 20.9. The maximum Gasteiger partial charge on any atom is 0.490 e. The summed E-state index contributed by atoms with van der Waals surface area (Å²) in [5.74, 6) is -4.09. The van der Waals surface area contributed by atoms with E-state index in [9.17, 15) is 26.3 Å². The Bertz CT molecular complexity index is 1350. The standard InChI is InChI=1S/C24H34N6O.2C2HF3O2/c1-18(2)30-17-26-23-22(30)15-21(27-24(23)28(3)13-14-31-4)19-8-11-29(12-9-19)16-20-7-5-6-10-25-20;2*3-2(4,5)1(6)7/h5-7,10,15,17-19H,8-9,11-14,16H2,1-4H3;2*(H,6,7). The van der Waals surface area contributed by atoms with Crippen molar-refractivity contribution < 1.29 is 50.9 Å². The number of methoxy groups -OCH3 is 1. The number of alkyl halides is 6. The molecule has 0 spiro atoms. The number of imidazole rings is 1. The van der Waals surface area contributed by atoms with Crippen LogP contribution in [0.3, 0.4) is 0 Å². The van der Waals surface area contributed by atoms with E-state index in [0.717, 1.165) is 56.0 Å². The number of carboxylic acids is 2. The smallest absolute Gasteiger partial charge is 0.475 e. The van der Waals surface area contributed by atoms with Gasteiger partial charge in [-0.2, -0.15) is 26.3 Å². The van der Waals surface area contributed by atoms with Crippen LogP contribution < -0.4 is 4.90 Å². The van der Waals surface area contributed by atoms with E-state index in [0.29, 0.717) is 18.6 Å². The number of fused-ring (bicyclic) bond motifs is 1. The van der Waals surface area contributed by atoms with Gasteiger partial charge in [0.05, 0.1) is 24.1 Å². The highest BCUT2D eigenvalue weighted by molar-refractivity contribution is 5.87. The van der Waals surface area contributed by atoms with E-state index in [1.54, 1.807) is 7.11 Å². The summed E-state index contributed by atoms with van der Waals surface area (Å²) >= 11 is 0. The number of ether oxygens (including phenoxy) is 1. The molecule has 45 heavy (non-hydrogen) atoms. The van der Waals surface area contributed by atoms with Crippen molar-refractivity contribution in [1.82, 2.24) is 24.4 Å². The molecule has 250 valence electrons. The highest BCUT2D eigenvalue weighted by atomic mass is 19.4. The first-order valence-corrected chi connectivity index (χ1v) is 13.8. The molecule has 1 fully saturated rings. The number of hydrogen-bond donors (Lipinski definition) is 2. The fraction of sp³-hybridized carbons (Fsp3) is 0.536. The van der Waals surface area contributed by atoms with Gasteiger partial charge in [0.1, 0.15) is 5.52 Å². The maximum absolute atomic E-state index is 10.6. The normalized spacial score (nSPS) is 14.4. The van der Waals surface area contributed by atoms with E-state index in [1.807, 2.05) is 18.6 Å². The number of rotatable bonds is 8. The number of hydrogen-bond acceptors (Lipinski definition) is 8. The molecule has 1 aliphatic rings. The predicted molar refractivity (Wildman–Crippen MR) is 152 cm³/mol. The number of halogens is 6. The van der Waals surface area contributed by atoms with Crippen molar-refractivity contribution in [3.63, 3.8) is 0 Å². The van der Waals surface area contributed by atoms with E-state index >= 15 is 0 Å². The summed E-state index contributed by atoms with van der Waals surface area (Å²) in [7, 11) is 3.81. The van der Waals surface area contributed by atoms with Gasteiger partial charge in [0.2, 0.25) is 0 Å². The molecule has 0 atom stereocenters. The highest BCUT2D eigenvalue weighted by Gasteiger charge is 2.39. The van der Waals surface area contributed by atoms with Gasteiger partial charge in [-0.3, -0.25) is 9.88 Å². The molecule has 4 rings (SSSR count). The van der Waals surface area contributed by atoms with Crippen molar-refractivity contribution in [2.45, 2.75) is 57.5 Å². The lowest BCUT2D eigenvalue weighted by atomic mass is 9.92. The van der Waals surface area contributed by atoms with Crippen LogP contribution in [0.25, 0.3) is 11.0 Å². The maximum atomic E-state index is 10.6. The number of pyridine rings is 2. The molecule has 0 amide bonds. The Labute approximate surface area is 255 Å². The molecule has 0 radical (unpaired) electrons. The van der Waals surface area contributed by atoms with Crippen LogP contribution in [0.2, 0.25) is 0 Å². The van der Waals surface area contributed by atoms with Crippen molar-refractivity contribution in [3.05, 3.63) is 48.2 Å². The van der Waals surface area contributed by atoms with Crippen molar-refractivity contribution in [2.75, 3.05) is 45.3 Å². The third-order valence-corrected chi connectivity index (χ3v) is 6.71. The third-order valence-electron chi connectivity index (χ3n) is 6.71. The minimum Gasteiger partial charge on any atom is -0.475 e. The van der Waals surface area contributed by atoms with E-state index < -0.39 is 24.3 Å². The monoisotopic (exact) mass is 650 g/mol. The van der Waals surface area contributed by atoms with Gasteiger partial charge in [-0.25, -0.2) is 19.6 Å². The largest absolute Gasteiger partial charge is 0.490 e. The molecule has 0 aromatic carbocycles. The van der Waals surface area contributed by atoms with Crippen LogP contribution in [0, 0.1) is 0 Å². The molecular formula is C28H36F6N6O5. The number of aromatic nitrogens is 4. The predicted octanol–water partition coefficient (Wildman–Crippen LogP) is 5.14. The average molecular weight is 651 g/mol. The van der Waals surface area contributed by atoms with Gasteiger partial charge in [0.25, 0.3) is 0 Å². The number of piperidine rings is 1. The summed E-state index contributed by atoms with van der Waals surface area (Å²) in [6.45, 7) is 8.92. The number of likely N-dealkylation sites (N-methyl/N-ethyl adjacent to an activating group) is 1. The zero-order valence-electron chi connectivity index (χ0n) is 25.1. The second-order valence-electron chi connectivity index (χ2n) is 10.4. The molecular weight excluding hydrogens is 614 g/mol. The molecule has 4 heterocycles. The highest BCUT2D eigenvalue weighted by Crippen LogP contribution is 2.33. The fourth-order valence-electron chi connectivity index (χ4n) is 4.36. The molecule has 0 bridgehead atoms. The average Bonchev–Trinajstić information content (AvgIpc) is 3.40. The van der Waals surface area contributed by atoms with Crippen LogP contribution in [-0.4, -0.2) is 99.3 Å². The zero-order valence-corrected chi connectivity index (χ0v) is 25.1. The van der Waals surface area contributed by atoms with Crippen molar-refractivity contribution in [2.24, 2.45) is 0 Å². The molecule has 1 saturated heterocycles. The topological polar surface area (TPSA) is 134 Å².